The largest absolute Gasteiger partial charge is 0.399 e. The molecule has 0 aliphatic heterocycles. The number of fused-ring (bicyclic) bond motifs is 1. The summed E-state index contributed by atoms with van der Waals surface area (Å²) in [7, 11) is 0. The third-order valence-corrected chi connectivity index (χ3v) is 3.65. The number of aromatic nitrogens is 2. The number of nitrogens with two attached hydrogens (primary N) is 1. The van der Waals surface area contributed by atoms with Gasteiger partial charge in [-0.1, -0.05) is 0 Å². The zero-order valence-electron chi connectivity index (χ0n) is 10.4. The van der Waals surface area contributed by atoms with E-state index >= 15 is 0 Å². The average molecular weight is 260 g/mol. The smallest absolute Gasteiger partial charge is 0.260 e. The average Bonchev–Trinajstić information content (AvgIpc) is 3.18. The highest BCUT2D eigenvalue weighted by atomic mass is 16.3. The fraction of sp³-hybridized carbons (Fsp3) is 0.385. The number of hydrogen-bond acceptors (Lipinski definition) is 5. The molecule has 0 radical (unpaired) electrons. The lowest BCUT2D eigenvalue weighted by molar-refractivity contribution is 0.219. The summed E-state index contributed by atoms with van der Waals surface area (Å²) in [6, 6.07) is 5.06. The first-order chi connectivity index (χ1) is 9.12. The summed E-state index contributed by atoms with van der Waals surface area (Å²) in [6.45, 7) is 0.779. The van der Waals surface area contributed by atoms with Crippen molar-refractivity contribution in [1.29, 1.82) is 0 Å². The number of aliphatic hydroxyl groups is 1. The molecule has 1 aromatic carbocycles. The van der Waals surface area contributed by atoms with Gasteiger partial charge in [0.1, 0.15) is 0 Å². The van der Waals surface area contributed by atoms with Crippen LogP contribution in [0.1, 0.15) is 12.8 Å². The molecule has 1 aromatic heterocycles. The van der Waals surface area contributed by atoms with Crippen LogP contribution in [0, 0.1) is 5.41 Å². The van der Waals surface area contributed by atoms with Crippen LogP contribution in [0.4, 0.5) is 11.6 Å². The highest BCUT2D eigenvalue weighted by Gasteiger charge is 2.41. The topological polar surface area (TPSA) is 104 Å². The van der Waals surface area contributed by atoms with Crippen LogP contribution in [-0.2, 0) is 0 Å². The molecule has 1 aliphatic carbocycles. The molecule has 0 unspecified atom stereocenters. The molecule has 0 amide bonds. The molecule has 1 saturated carbocycles. The van der Waals surface area contributed by atoms with Crippen LogP contribution in [0.2, 0.25) is 0 Å². The maximum absolute atomic E-state index is 11.9. The number of anilines is 2. The van der Waals surface area contributed by atoms with Crippen LogP contribution in [0.15, 0.2) is 23.0 Å². The summed E-state index contributed by atoms with van der Waals surface area (Å²) in [4.78, 5) is 18.9. The Morgan fingerprint density at radius 2 is 2.26 bits per heavy atom. The van der Waals surface area contributed by atoms with E-state index in [9.17, 15) is 9.90 Å². The molecule has 1 heterocycles. The Balaban J connectivity index is 1.89. The summed E-state index contributed by atoms with van der Waals surface area (Å²) in [5.74, 6) is 0.432. The van der Waals surface area contributed by atoms with Crippen molar-refractivity contribution in [3.63, 3.8) is 0 Å². The normalized spacial score (nSPS) is 16.5. The first kappa shape index (κ1) is 12.0. The number of aromatic amines is 1. The zero-order chi connectivity index (χ0) is 13.5. The highest BCUT2D eigenvalue weighted by Crippen LogP contribution is 2.44. The van der Waals surface area contributed by atoms with E-state index < -0.39 is 0 Å². The van der Waals surface area contributed by atoms with Gasteiger partial charge >= 0.3 is 0 Å². The Labute approximate surface area is 109 Å². The number of rotatable bonds is 4. The van der Waals surface area contributed by atoms with Gasteiger partial charge < -0.3 is 16.2 Å². The van der Waals surface area contributed by atoms with Crippen LogP contribution in [0.5, 0.6) is 0 Å². The van der Waals surface area contributed by atoms with E-state index in [-0.39, 0.29) is 17.6 Å². The quantitative estimate of drug-likeness (QED) is 0.605. The van der Waals surface area contributed by atoms with E-state index in [1.807, 2.05) is 0 Å². The molecular formula is C13H16N4O2. The molecule has 1 aliphatic rings. The van der Waals surface area contributed by atoms with Gasteiger partial charge in [0, 0.05) is 17.6 Å². The maximum Gasteiger partial charge on any atom is 0.260 e. The molecule has 19 heavy (non-hydrogen) atoms. The molecule has 0 saturated heterocycles. The van der Waals surface area contributed by atoms with Crippen LogP contribution in [0.25, 0.3) is 10.9 Å². The van der Waals surface area contributed by atoms with Gasteiger partial charge in [0.25, 0.3) is 5.56 Å². The number of hydrogen-bond donors (Lipinski definition) is 4. The molecule has 6 nitrogen and oxygen atoms in total. The molecule has 2 aromatic rings. The Kier molecular flexibility index (Phi) is 2.67. The Hall–Kier alpha value is -2.08. The van der Waals surface area contributed by atoms with Gasteiger partial charge in [-0.15, -0.1) is 0 Å². The van der Waals surface area contributed by atoms with E-state index in [1.165, 1.54) is 0 Å². The monoisotopic (exact) mass is 260 g/mol. The summed E-state index contributed by atoms with van der Waals surface area (Å²) in [5, 5.41) is 12.8. The minimum atomic E-state index is -0.214. The van der Waals surface area contributed by atoms with Crippen molar-refractivity contribution in [3.05, 3.63) is 28.6 Å². The lowest BCUT2D eigenvalue weighted by Gasteiger charge is -2.13. The number of nitrogens with zero attached hydrogens (tertiary/aromatic N) is 1. The van der Waals surface area contributed by atoms with Crippen molar-refractivity contribution in [2.24, 2.45) is 5.41 Å². The minimum Gasteiger partial charge on any atom is -0.399 e. The van der Waals surface area contributed by atoms with E-state index in [2.05, 4.69) is 15.3 Å². The molecule has 3 rings (SSSR count). The van der Waals surface area contributed by atoms with Crippen molar-refractivity contribution < 1.29 is 5.11 Å². The molecule has 100 valence electrons. The lowest BCUT2D eigenvalue weighted by Crippen LogP contribution is -2.22. The van der Waals surface area contributed by atoms with E-state index in [4.69, 9.17) is 5.73 Å². The van der Waals surface area contributed by atoms with Crippen molar-refractivity contribution in [2.75, 3.05) is 24.2 Å². The van der Waals surface area contributed by atoms with Crippen LogP contribution >= 0.6 is 0 Å². The predicted molar refractivity (Wildman–Crippen MR) is 74.0 cm³/mol. The molecule has 0 atom stereocenters. The SMILES string of the molecule is Nc1ccc2nc(NCC3(CO)CC3)[nH]c(=O)c2c1. The van der Waals surface area contributed by atoms with Crippen molar-refractivity contribution in [3.8, 4) is 0 Å². The number of aliphatic hydroxyl groups excluding tert-OH is 1. The summed E-state index contributed by atoms with van der Waals surface area (Å²) >= 11 is 0. The second-order valence-electron chi connectivity index (χ2n) is 5.20. The molecule has 1 fully saturated rings. The van der Waals surface area contributed by atoms with Crippen LogP contribution in [-0.4, -0.2) is 28.2 Å². The van der Waals surface area contributed by atoms with Gasteiger partial charge in [0.2, 0.25) is 5.95 Å². The molecule has 0 spiro atoms. The Bertz CT molecular complexity index is 676. The van der Waals surface area contributed by atoms with E-state index in [0.29, 0.717) is 29.1 Å². The zero-order valence-corrected chi connectivity index (χ0v) is 10.4. The first-order valence-electron chi connectivity index (χ1n) is 6.26. The van der Waals surface area contributed by atoms with Crippen molar-refractivity contribution in [2.45, 2.75) is 12.8 Å². The van der Waals surface area contributed by atoms with Gasteiger partial charge in [0.15, 0.2) is 0 Å². The second kappa shape index (κ2) is 4.24. The van der Waals surface area contributed by atoms with E-state index in [0.717, 1.165) is 12.8 Å². The van der Waals surface area contributed by atoms with Crippen LogP contribution < -0.4 is 16.6 Å². The third-order valence-electron chi connectivity index (χ3n) is 3.65. The van der Waals surface area contributed by atoms with Crippen LogP contribution in [0.3, 0.4) is 0 Å². The first-order valence-corrected chi connectivity index (χ1v) is 6.26. The van der Waals surface area contributed by atoms with Crippen molar-refractivity contribution in [1.82, 2.24) is 9.97 Å². The lowest BCUT2D eigenvalue weighted by atomic mass is 10.1. The highest BCUT2D eigenvalue weighted by molar-refractivity contribution is 5.81. The minimum absolute atomic E-state index is 0.0331. The van der Waals surface area contributed by atoms with Gasteiger partial charge in [-0.2, -0.15) is 0 Å². The van der Waals surface area contributed by atoms with Gasteiger partial charge in [0.05, 0.1) is 17.5 Å². The summed E-state index contributed by atoms with van der Waals surface area (Å²) in [5.41, 5.74) is 6.55. The van der Waals surface area contributed by atoms with Crippen molar-refractivity contribution >= 4 is 22.5 Å². The predicted octanol–water partition coefficient (Wildman–Crippen LogP) is 0.690. The number of benzene rings is 1. The second-order valence-corrected chi connectivity index (χ2v) is 5.20. The number of H-pyrrole nitrogens is 1. The summed E-state index contributed by atoms with van der Waals surface area (Å²) in [6.07, 6.45) is 2.01. The summed E-state index contributed by atoms with van der Waals surface area (Å²) < 4.78 is 0. The van der Waals surface area contributed by atoms with E-state index in [1.54, 1.807) is 18.2 Å². The fourth-order valence-electron chi connectivity index (χ4n) is 2.08. The molecule has 6 heteroatoms. The molecular weight excluding hydrogens is 244 g/mol. The fourth-order valence-corrected chi connectivity index (χ4v) is 2.08. The standard InChI is InChI=1S/C13H16N4O2/c14-8-1-2-10-9(5-8)11(19)17-12(16-10)15-6-13(7-18)3-4-13/h1-2,5,18H,3-4,6-7,14H2,(H2,15,16,17,19). The number of nitrogen functional groups attached to an aromatic ring is 1. The molecule has 5 N–H and O–H groups in total. The van der Waals surface area contributed by atoms with Gasteiger partial charge in [-0.05, 0) is 31.0 Å². The maximum atomic E-state index is 11.9. The van der Waals surface area contributed by atoms with Gasteiger partial charge in [-0.25, -0.2) is 4.98 Å². The third kappa shape index (κ3) is 2.26. The van der Waals surface area contributed by atoms with Gasteiger partial charge in [-0.3, -0.25) is 9.78 Å². The Morgan fingerprint density at radius 1 is 1.47 bits per heavy atom. The molecule has 0 bridgehead atoms. The Morgan fingerprint density at radius 3 is 2.95 bits per heavy atom. The number of nitrogens with one attached hydrogen (secondary N) is 2.